The second kappa shape index (κ2) is 16.1. The first-order chi connectivity index (χ1) is 17.7. The third kappa shape index (κ3) is 9.92. The van der Waals surface area contributed by atoms with E-state index in [2.05, 4.69) is 62.4 Å². The van der Waals surface area contributed by atoms with Crippen molar-refractivity contribution in [1.29, 1.82) is 0 Å². The van der Waals surface area contributed by atoms with E-state index in [1.54, 1.807) is 0 Å². The summed E-state index contributed by atoms with van der Waals surface area (Å²) in [5.74, 6) is 0. The van der Waals surface area contributed by atoms with Crippen LogP contribution in [-0.4, -0.2) is 101 Å². The zero-order valence-corrected chi connectivity index (χ0v) is 22.6. The van der Waals surface area contributed by atoms with E-state index in [-0.39, 0.29) is 0 Å². The van der Waals surface area contributed by atoms with Crippen LogP contribution in [0, 0.1) is 0 Å². The minimum atomic E-state index is 0.680. The van der Waals surface area contributed by atoms with Crippen LogP contribution >= 0.6 is 0 Å². The first kappa shape index (κ1) is 28.8. The number of nitrogens with zero attached hydrogens (tertiary/aromatic N) is 2. The minimum Gasteiger partial charge on any atom is -0.376 e. The normalized spacial score (nSPS) is 22.1. The summed E-state index contributed by atoms with van der Waals surface area (Å²) in [5.41, 5.74) is 2.47. The lowest BCUT2D eigenvalue weighted by Gasteiger charge is -2.49. The van der Waals surface area contributed by atoms with Gasteiger partial charge in [-0.25, -0.2) is 0 Å². The van der Waals surface area contributed by atoms with E-state index >= 15 is 0 Å². The Labute approximate surface area is 218 Å². The van der Waals surface area contributed by atoms with Crippen LogP contribution in [0.1, 0.15) is 25.0 Å². The van der Waals surface area contributed by atoms with E-state index in [0.717, 1.165) is 101 Å². The van der Waals surface area contributed by atoms with Crippen molar-refractivity contribution in [3.63, 3.8) is 0 Å². The average molecular weight is 501 g/mol. The molecule has 2 aromatic rings. The van der Waals surface area contributed by atoms with Crippen molar-refractivity contribution >= 4 is 0 Å². The van der Waals surface area contributed by atoms with Crippen molar-refractivity contribution in [2.24, 2.45) is 0 Å². The second-order valence-corrected chi connectivity index (χ2v) is 9.94. The van der Waals surface area contributed by atoms with E-state index < -0.39 is 0 Å². The van der Waals surface area contributed by atoms with Crippen molar-refractivity contribution < 1.29 is 27.9 Å². The molecule has 0 N–H and O–H groups in total. The fourth-order valence-corrected chi connectivity index (χ4v) is 5.04. The van der Waals surface area contributed by atoms with Gasteiger partial charge in [0, 0.05) is 13.2 Å². The van der Waals surface area contributed by atoms with E-state index in [4.69, 9.17) is 18.9 Å². The van der Waals surface area contributed by atoms with Crippen LogP contribution in [0.15, 0.2) is 60.7 Å². The maximum absolute atomic E-state index is 6.11. The van der Waals surface area contributed by atoms with Gasteiger partial charge in [0.1, 0.15) is 52.4 Å². The van der Waals surface area contributed by atoms with Crippen molar-refractivity contribution in [3.8, 4) is 0 Å². The zero-order valence-electron chi connectivity index (χ0n) is 22.6. The molecule has 36 heavy (non-hydrogen) atoms. The third-order valence-corrected chi connectivity index (χ3v) is 7.57. The SMILES string of the molecule is CCOCC[N+]1(CCOCc2ccccc2)CC[N+](CCOCC)(CCOCc2ccccc2)CC1. The van der Waals surface area contributed by atoms with Gasteiger partial charge in [-0.3, -0.25) is 0 Å². The molecule has 6 heteroatoms. The fraction of sp³-hybridized carbons (Fsp3) is 0.600. The summed E-state index contributed by atoms with van der Waals surface area (Å²) in [4.78, 5) is 0. The van der Waals surface area contributed by atoms with Crippen LogP contribution in [-0.2, 0) is 32.2 Å². The van der Waals surface area contributed by atoms with Crippen molar-refractivity contribution in [2.45, 2.75) is 27.1 Å². The molecule has 1 fully saturated rings. The molecule has 6 nitrogen and oxygen atoms in total. The van der Waals surface area contributed by atoms with Crippen molar-refractivity contribution in [2.75, 3.05) is 92.0 Å². The molecule has 0 amide bonds. The maximum Gasteiger partial charge on any atom is 0.129 e. The molecule has 2 aromatic carbocycles. The number of hydrogen-bond donors (Lipinski definition) is 0. The number of rotatable bonds is 18. The number of quaternary nitrogens is 2. The Balaban J connectivity index is 1.53. The lowest BCUT2D eigenvalue weighted by molar-refractivity contribution is -1.03. The van der Waals surface area contributed by atoms with Gasteiger partial charge in [0.15, 0.2) is 0 Å². The molecular formula is C30H48N2O4+2. The molecular weight excluding hydrogens is 452 g/mol. The molecule has 3 rings (SSSR count). The molecule has 0 aromatic heterocycles. The summed E-state index contributed by atoms with van der Waals surface area (Å²) < 4.78 is 25.9. The number of ether oxygens (including phenoxy) is 4. The summed E-state index contributed by atoms with van der Waals surface area (Å²) in [6.07, 6.45) is 0. The van der Waals surface area contributed by atoms with Gasteiger partial charge >= 0.3 is 0 Å². The first-order valence-corrected chi connectivity index (χ1v) is 13.8. The summed E-state index contributed by atoms with van der Waals surface area (Å²) in [6, 6.07) is 20.9. The molecule has 0 bridgehead atoms. The lowest BCUT2D eigenvalue weighted by Crippen LogP contribution is -2.69. The average Bonchev–Trinajstić information content (AvgIpc) is 2.92. The second-order valence-electron chi connectivity index (χ2n) is 9.94. The van der Waals surface area contributed by atoms with Gasteiger partial charge in [0.2, 0.25) is 0 Å². The zero-order chi connectivity index (χ0) is 25.4. The predicted molar refractivity (Wildman–Crippen MR) is 145 cm³/mol. The fourth-order valence-electron chi connectivity index (χ4n) is 5.04. The molecule has 1 heterocycles. The Bertz CT molecular complexity index is 741. The highest BCUT2D eigenvalue weighted by Gasteiger charge is 2.41. The van der Waals surface area contributed by atoms with Gasteiger partial charge in [0.05, 0.1) is 39.6 Å². The van der Waals surface area contributed by atoms with Crippen molar-refractivity contribution in [1.82, 2.24) is 0 Å². The van der Waals surface area contributed by atoms with E-state index in [1.165, 1.54) is 11.1 Å². The highest BCUT2D eigenvalue weighted by Crippen LogP contribution is 2.20. The number of benzene rings is 2. The first-order valence-electron chi connectivity index (χ1n) is 13.8. The molecule has 1 aliphatic heterocycles. The molecule has 0 atom stereocenters. The molecule has 0 aliphatic carbocycles. The van der Waals surface area contributed by atoms with Gasteiger partial charge in [-0.2, -0.15) is 0 Å². The molecule has 0 saturated carbocycles. The van der Waals surface area contributed by atoms with E-state index in [0.29, 0.717) is 13.2 Å². The Hall–Kier alpha value is -1.80. The van der Waals surface area contributed by atoms with Crippen LogP contribution < -0.4 is 0 Å². The Morgan fingerprint density at radius 2 is 0.833 bits per heavy atom. The van der Waals surface area contributed by atoms with Crippen LogP contribution in [0.2, 0.25) is 0 Å². The summed E-state index contributed by atoms with van der Waals surface area (Å²) in [7, 11) is 0. The summed E-state index contributed by atoms with van der Waals surface area (Å²) in [5, 5.41) is 0. The van der Waals surface area contributed by atoms with Gasteiger partial charge in [-0.05, 0) is 25.0 Å². The molecule has 0 spiro atoms. The standard InChI is InChI=1S/C30H48N2O4/c1-3-33-23-19-31(21-25-35-27-29-11-7-5-8-12-29)15-17-32(18-16-31,20-24-34-4-2)22-26-36-28-30-13-9-6-10-14-30/h5-14H,3-4,15-28H2,1-2H3/q+2. The molecule has 0 radical (unpaired) electrons. The van der Waals surface area contributed by atoms with E-state index in [1.807, 2.05) is 12.1 Å². The number of hydrogen-bond acceptors (Lipinski definition) is 4. The van der Waals surface area contributed by atoms with Crippen LogP contribution in [0.5, 0.6) is 0 Å². The van der Waals surface area contributed by atoms with Gasteiger partial charge in [-0.15, -0.1) is 0 Å². The predicted octanol–water partition coefficient (Wildman–Crippen LogP) is 4.14. The quantitative estimate of drug-likeness (QED) is 0.228. The number of piperazine rings is 1. The van der Waals surface area contributed by atoms with Gasteiger partial charge in [-0.1, -0.05) is 60.7 Å². The largest absolute Gasteiger partial charge is 0.376 e. The van der Waals surface area contributed by atoms with Gasteiger partial charge < -0.3 is 27.9 Å². The monoisotopic (exact) mass is 500 g/mol. The van der Waals surface area contributed by atoms with Crippen molar-refractivity contribution in [3.05, 3.63) is 71.8 Å². The highest BCUT2D eigenvalue weighted by molar-refractivity contribution is 5.14. The summed E-state index contributed by atoms with van der Waals surface area (Å²) >= 11 is 0. The van der Waals surface area contributed by atoms with E-state index in [9.17, 15) is 0 Å². The Kier molecular flexibility index (Phi) is 12.9. The molecule has 0 unspecified atom stereocenters. The molecule has 1 saturated heterocycles. The topological polar surface area (TPSA) is 36.9 Å². The molecule has 1 aliphatic rings. The maximum atomic E-state index is 6.11. The third-order valence-electron chi connectivity index (χ3n) is 7.57. The highest BCUT2D eigenvalue weighted by atomic mass is 16.5. The minimum absolute atomic E-state index is 0.680. The van der Waals surface area contributed by atoms with Crippen LogP contribution in [0.3, 0.4) is 0 Å². The summed E-state index contributed by atoms with van der Waals surface area (Å²) in [6.45, 7) is 19.0. The van der Waals surface area contributed by atoms with Gasteiger partial charge in [0.25, 0.3) is 0 Å². The Morgan fingerprint density at radius 3 is 1.17 bits per heavy atom. The van der Waals surface area contributed by atoms with Crippen LogP contribution in [0.4, 0.5) is 0 Å². The molecule has 200 valence electrons. The van der Waals surface area contributed by atoms with Crippen LogP contribution in [0.25, 0.3) is 0 Å². The Morgan fingerprint density at radius 1 is 0.500 bits per heavy atom. The smallest absolute Gasteiger partial charge is 0.129 e. The lowest BCUT2D eigenvalue weighted by atomic mass is 10.1.